The van der Waals surface area contributed by atoms with Gasteiger partial charge in [-0.15, -0.1) is 0 Å². The molecule has 6 heteroatoms. The molecule has 22 heavy (non-hydrogen) atoms. The lowest BCUT2D eigenvalue weighted by molar-refractivity contribution is -0.139. The highest BCUT2D eigenvalue weighted by Crippen LogP contribution is 2.37. The van der Waals surface area contributed by atoms with E-state index in [1.165, 1.54) is 7.11 Å². The van der Waals surface area contributed by atoms with Crippen molar-refractivity contribution in [3.05, 3.63) is 28.3 Å². The maximum atomic E-state index is 11.4. The molecule has 1 saturated heterocycles. The minimum absolute atomic E-state index is 0.153. The van der Waals surface area contributed by atoms with Crippen LogP contribution in [0.15, 0.2) is 12.1 Å². The van der Waals surface area contributed by atoms with Crippen LogP contribution in [0.3, 0.4) is 0 Å². The van der Waals surface area contributed by atoms with E-state index < -0.39 is 18.3 Å². The van der Waals surface area contributed by atoms with Crippen LogP contribution in [0.2, 0.25) is 5.02 Å². The topological polar surface area (TPSA) is 44.8 Å². The highest BCUT2D eigenvalue weighted by molar-refractivity contribution is 6.63. The van der Waals surface area contributed by atoms with Crippen LogP contribution >= 0.6 is 11.6 Å². The van der Waals surface area contributed by atoms with Gasteiger partial charge in [-0.2, -0.15) is 0 Å². The molecule has 0 atom stereocenters. The summed E-state index contributed by atoms with van der Waals surface area (Å²) in [4.78, 5) is 11.4. The maximum absolute atomic E-state index is 11.4. The van der Waals surface area contributed by atoms with Gasteiger partial charge in [0.25, 0.3) is 0 Å². The largest absolute Gasteiger partial charge is 0.495 e. The molecular weight excluding hydrogens is 302 g/mol. The molecule has 1 aliphatic heterocycles. The van der Waals surface area contributed by atoms with Crippen LogP contribution in [0, 0.1) is 6.92 Å². The average Bonchev–Trinajstić information content (AvgIpc) is 2.62. The van der Waals surface area contributed by atoms with E-state index in [1.54, 1.807) is 0 Å². The number of halogens is 1. The predicted molar refractivity (Wildman–Crippen MR) is 87.6 cm³/mol. The highest BCUT2D eigenvalue weighted by Gasteiger charge is 2.52. The summed E-state index contributed by atoms with van der Waals surface area (Å²) in [5.41, 5.74) is 1.80. The van der Waals surface area contributed by atoms with Gasteiger partial charge in [-0.25, -0.2) is 0 Å². The van der Waals surface area contributed by atoms with Gasteiger partial charge < -0.3 is 14.0 Å². The summed E-state index contributed by atoms with van der Waals surface area (Å²) in [6.07, 6.45) is 0.153. The van der Waals surface area contributed by atoms with Gasteiger partial charge in [0, 0.05) is 5.02 Å². The summed E-state index contributed by atoms with van der Waals surface area (Å²) in [7, 11) is 0.900. The van der Waals surface area contributed by atoms with E-state index in [-0.39, 0.29) is 12.4 Å². The van der Waals surface area contributed by atoms with Crippen molar-refractivity contribution in [2.75, 3.05) is 7.11 Å². The lowest BCUT2D eigenvalue weighted by atomic mass is 9.75. The van der Waals surface area contributed by atoms with Gasteiger partial charge in [-0.3, -0.25) is 4.79 Å². The van der Waals surface area contributed by atoms with Crippen molar-refractivity contribution in [1.29, 1.82) is 0 Å². The van der Waals surface area contributed by atoms with Gasteiger partial charge in [-0.05, 0) is 51.7 Å². The Morgan fingerprint density at radius 2 is 1.77 bits per heavy atom. The molecule has 1 heterocycles. The Labute approximate surface area is 137 Å². The molecule has 0 aliphatic carbocycles. The molecule has 1 fully saturated rings. The van der Waals surface area contributed by atoms with Crippen molar-refractivity contribution in [2.24, 2.45) is 0 Å². The third-order valence-electron chi connectivity index (χ3n) is 4.50. The van der Waals surface area contributed by atoms with E-state index in [0.29, 0.717) is 5.02 Å². The standard InChI is InChI=1S/C16H22BClO4/c1-10-7-11(8-14(19)20-6)13(18)9-12(10)17-21-15(2,3)16(4,5)22-17/h7,9H,8H2,1-6H3. The van der Waals surface area contributed by atoms with Crippen LogP contribution < -0.4 is 5.46 Å². The van der Waals surface area contributed by atoms with Crippen LogP contribution in [0.5, 0.6) is 0 Å². The summed E-state index contributed by atoms with van der Waals surface area (Å²) in [5, 5.41) is 0.515. The first-order valence-corrected chi connectivity index (χ1v) is 7.66. The quantitative estimate of drug-likeness (QED) is 0.633. The normalized spacial score (nSPS) is 19.3. The molecule has 1 aromatic carbocycles. The van der Waals surface area contributed by atoms with Crippen molar-refractivity contribution in [3.8, 4) is 0 Å². The number of hydrogen-bond donors (Lipinski definition) is 0. The second-order valence-electron chi connectivity index (χ2n) is 6.64. The van der Waals surface area contributed by atoms with Crippen LogP contribution in [-0.4, -0.2) is 31.4 Å². The molecule has 0 aromatic heterocycles. The monoisotopic (exact) mass is 324 g/mol. The average molecular weight is 325 g/mol. The molecule has 0 spiro atoms. The van der Waals surface area contributed by atoms with Crippen LogP contribution in [0.25, 0.3) is 0 Å². The molecule has 0 radical (unpaired) electrons. The van der Waals surface area contributed by atoms with E-state index in [2.05, 4.69) is 4.74 Å². The van der Waals surface area contributed by atoms with Gasteiger partial charge in [0.2, 0.25) is 0 Å². The third kappa shape index (κ3) is 3.17. The number of hydrogen-bond acceptors (Lipinski definition) is 4. The predicted octanol–water partition coefficient (Wildman–Crippen LogP) is 2.66. The number of methoxy groups -OCH3 is 1. The van der Waals surface area contributed by atoms with Crippen LogP contribution in [-0.2, 0) is 25.3 Å². The summed E-state index contributed by atoms with van der Waals surface area (Å²) in [6.45, 7) is 9.99. The molecule has 1 aliphatic rings. The first-order valence-electron chi connectivity index (χ1n) is 7.29. The van der Waals surface area contributed by atoms with E-state index in [4.69, 9.17) is 20.9 Å². The fourth-order valence-electron chi connectivity index (χ4n) is 2.34. The van der Waals surface area contributed by atoms with E-state index in [0.717, 1.165) is 16.6 Å². The van der Waals surface area contributed by atoms with E-state index in [9.17, 15) is 4.79 Å². The molecule has 0 N–H and O–H groups in total. The Hall–Kier alpha value is -1.04. The zero-order valence-corrected chi connectivity index (χ0v) is 14.7. The summed E-state index contributed by atoms with van der Waals surface area (Å²) in [6, 6.07) is 3.71. The Bertz CT molecular complexity index is 582. The Kier molecular flexibility index (Phi) is 4.62. The number of ether oxygens (including phenoxy) is 1. The SMILES string of the molecule is COC(=O)Cc1cc(C)c(B2OC(C)(C)C(C)(C)O2)cc1Cl. The molecule has 4 nitrogen and oxygen atoms in total. The number of rotatable bonds is 3. The smallest absolute Gasteiger partial charge is 0.469 e. The molecule has 120 valence electrons. The summed E-state index contributed by atoms with van der Waals surface area (Å²) >= 11 is 6.30. The van der Waals surface area contributed by atoms with Gasteiger partial charge in [0.05, 0.1) is 24.7 Å². The fraction of sp³-hybridized carbons (Fsp3) is 0.562. The lowest BCUT2D eigenvalue weighted by Crippen LogP contribution is -2.41. The van der Waals surface area contributed by atoms with Crippen molar-refractivity contribution in [1.82, 2.24) is 0 Å². The van der Waals surface area contributed by atoms with E-state index in [1.807, 2.05) is 46.8 Å². The number of carbonyl (C=O) groups is 1. The first-order chi connectivity index (χ1) is 10.1. The first kappa shape index (κ1) is 17.3. The number of aryl methyl sites for hydroxylation is 1. The van der Waals surface area contributed by atoms with Gasteiger partial charge >= 0.3 is 13.1 Å². The van der Waals surface area contributed by atoms with Gasteiger partial charge in [0.1, 0.15) is 0 Å². The van der Waals surface area contributed by atoms with Crippen LogP contribution in [0.4, 0.5) is 0 Å². The van der Waals surface area contributed by atoms with Crippen molar-refractivity contribution in [2.45, 2.75) is 52.2 Å². The molecule has 1 aromatic rings. The summed E-state index contributed by atoms with van der Waals surface area (Å²) < 4.78 is 16.8. The molecule has 2 rings (SSSR count). The Morgan fingerprint density at radius 3 is 2.27 bits per heavy atom. The molecule has 0 unspecified atom stereocenters. The second kappa shape index (κ2) is 5.87. The number of benzene rings is 1. The van der Waals surface area contributed by atoms with Gasteiger partial charge in [0.15, 0.2) is 0 Å². The Morgan fingerprint density at radius 1 is 1.23 bits per heavy atom. The number of esters is 1. The minimum Gasteiger partial charge on any atom is -0.469 e. The lowest BCUT2D eigenvalue weighted by Gasteiger charge is -2.32. The van der Waals surface area contributed by atoms with E-state index >= 15 is 0 Å². The van der Waals surface area contributed by atoms with Crippen molar-refractivity contribution < 1.29 is 18.8 Å². The zero-order chi connectivity index (χ0) is 16.7. The fourth-order valence-corrected chi connectivity index (χ4v) is 2.58. The maximum Gasteiger partial charge on any atom is 0.495 e. The molecule has 0 saturated carbocycles. The van der Waals surface area contributed by atoms with Crippen molar-refractivity contribution >= 4 is 30.2 Å². The van der Waals surface area contributed by atoms with Crippen molar-refractivity contribution in [3.63, 3.8) is 0 Å². The minimum atomic E-state index is -0.463. The van der Waals surface area contributed by atoms with Crippen LogP contribution in [0.1, 0.15) is 38.8 Å². The third-order valence-corrected chi connectivity index (χ3v) is 4.86. The second-order valence-corrected chi connectivity index (χ2v) is 7.05. The zero-order valence-electron chi connectivity index (χ0n) is 14.0. The Balaban J connectivity index is 2.31. The molecular formula is C16H22BClO4. The number of carbonyl (C=O) groups excluding carboxylic acids is 1. The highest BCUT2D eigenvalue weighted by atomic mass is 35.5. The molecule has 0 amide bonds. The van der Waals surface area contributed by atoms with Gasteiger partial charge in [-0.1, -0.05) is 23.2 Å². The summed E-state index contributed by atoms with van der Waals surface area (Å²) in [5.74, 6) is -0.315. The molecule has 0 bridgehead atoms.